The van der Waals surface area contributed by atoms with Crippen molar-refractivity contribution < 1.29 is 13.5 Å². The van der Waals surface area contributed by atoms with Crippen LogP contribution in [0.15, 0.2) is 35.7 Å². The third kappa shape index (κ3) is 3.48. The van der Waals surface area contributed by atoms with E-state index in [4.69, 9.17) is 0 Å². The van der Waals surface area contributed by atoms with Crippen molar-refractivity contribution in [2.24, 2.45) is 5.92 Å². The zero-order valence-electron chi connectivity index (χ0n) is 11.6. The summed E-state index contributed by atoms with van der Waals surface area (Å²) in [6.45, 7) is 2.35. The van der Waals surface area contributed by atoms with Gasteiger partial charge in [0.2, 0.25) is 10.0 Å². The third-order valence-corrected chi connectivity index (χ3v) is 5.40. The lowest BCUT2D eigenvalue weighted by Gasteiger charge is -2.37. The molecule has 2 atom stereocenters. The van der Waals surface area contributed by atoms with E-state index >= 15 is 0 Å². The van der Waals surface area contributed by atoms with Gasteiger partial charge in [0.15, 0.2) is 0 Å². The van der Waals surface area contributed by atoms with E-state index in [0.717, 1.165) is 18.4 Å². The highest BCUT2D eigenvalue weighted by Crippen LogP contribution is 2.26. The summed E-state index contributed by atoms with van der Waals surface area (Å²) in [5, 5.41) is 10.7. The highest BCUT2D eigenvalue weighted by Gasteiger charge is 2.34. The van der Waals surface area contributed by atoms with Crippen LogP contribution in [0.4, 0.5) is 0 Å². The van der Waals surface area contributed by atoms with Crippen LogP contribution in [0.25, 0.3) is 6.08 Å². The van der Waals surface area contributed by atoms with E-state index in [1.807, 2.05) is 37.3 Å². The molecule has 1 heterocycles. The lowest BCUT2D eigenvalue weighted by molar-refractivity contribution is 0.114. The van der Waals surface area contributed by atoms with Crippen molar-refractivity contribution in [3.8, 4) is 0 Å². The van der Waals surface area contributed by atoms with Gasteiger partial charge in [-0.25, -0.2) is 8.42 Å². The summed E-state index contributed by atoms with van der Waals surface area (Å²) >= 11 is 0. The number of hydrogen-bond donors (Lipinski definition) is 1. The van der Waals surface area contributed by atoms with E-state index in [9.17, 15) is 13.5 Å². The van der Waals surface area contributed by atoms with E-state index in [1.54, 1.807) is 6.08 Å². The number of benzene rings is 1. The fraction of sp³-hybridized carbons (Fsp3) is 0.467. The van der Waals surface area contributed by atoms with E-state index in [-0.39, 0.29) is 18.6 Å². The van der Waals surface area contributed by atoms with Crippen molar-refractivity contribution in [2.45, 2.75) is 25.8 Å². The van der Waals surface area contributed by atoms with Crippen LogP contribution in [0.1, 0.15) is 25.3 Å². The fourth-order valence-electron chi connectivity index (χ4n) is 2.60. The van der Waals surface area contributed by atoms with Gasteiger partial charge in [-0.1, -0.05) is 37.3 Å². The topological polar surface area (TPSA) is 57.6 Å². The van der Waals surface area contributed by atoms with Crippen LogP contribution in [0.5, 0.6) is 0 Å². The number of hydrogen-bond acceptors (Lipinski definition) is 3. The molecular weight excluding hydrogens is 274 g/mol. The largest absolute Gasteiger partial charge is 0.395 e. The smallest absolute Gasteiger partial charge is 0.236 e. The molecule has 2 unspecified atom stereocenters. The zero-order valence-corrected chi connectivity index (χ0v) is 12.5. The molecule has 0 saturated carbocycles. The summed E-state index contributed by atoms with van der Waals surface area (Å²) in [5.41, 5.74) is 0.849. The lowest BCUT2D eigenvalue weighted by Crippen LogP contribution is -2.48. The van der Waals surface area contributed by atoms with Crippen LogP contribution in [-0.4, -0.2) is 37.0 Å². The average Bonchev–Trinajstić information content (AvgIpc) is 2.46. The minimum absolute atomic E-state index is 0.125. The van der Waals surface area contributed by atoms with Gasteiger partial charge in [-0.3, -0.25) is 0 Å². The molecule has 0 bridgehead atoms. The highest BCUT2D eigenvalue weighted by molar-refractivity contribution is 7.92. The van der Waals surface area contributed by atoms with Gasteiger partial charge in [-0.2, -0.15) is 4.31 Å². The molecule has 0 radical (unpaired) electrons. The molecule has 1 fully saturated rings. The fourth-order valence-corrected chi connectivity index (χ4v) is 4.13. The van der Waals surface area contributed by atoms with Crippen molar-refractivity contribution in [3.05, 3.63) is 41.3 Å². The monoisotopic (exact) mass is 295 g/mol. The van der Waals surface area contributed by atoms with Crippen LogP contribution >= 0.6 is 0 Å². The van der Waals surface area contributed by atoms with E-state index in [0.29, 0.717) is 6.54 Å². The summed E-state index contributed by atoms with van der Waals surface area (Å²) in [6.07, 6.45) is 3.40. The molecule has 4 nitrogen and oxygen atoms in total. The molecule has 1 aromatic carbocycles. The van der Waals surface area contributed by atoms with Crippen LogP contribution in [0, 0.1) is 5.92 Å². The van der Waals surface area contributed by atoms with Crippen LogP contribution in [0.3, 0.4) is 0 Å². The molecule has 0 amide bonds. The normalized spacial score (nSPS) is 25.1. The van der Waals surface area contributed by atoms with Gasteiger partial charge in [-0.05, 0) is 30.4 Å². The second-order valence-corrected chi connectivity index (χ2v) is 7.01. The molecule has 0 spiro atoms. The quantitative estimate of drug-likeness (QED) is 0.925. The summed E-state index contributed by atoms with van der Waals surface area (Å²) in [4.78, 5) is 0. The molecule has 110 valence electrons. The molecule has 5 heteroatoms. The Morgan fingerprint density at radius 3 is 2.70 bits per heavy atom. The number of rotatable bonds is 4. The first-order chi connectivity index (χ1) is 9.54. The van der Waals surface area contributed by atoms with Crippen molar-refractivity contribution in [3.63, 3.8) is 0 Å². The standard InChI is InChI=1S/C15H21NO3S/c1-13-6-5-10-16(15(13)12-17)20(18,19)11-9-14-7-3-2-4-8-14/h2-4,7-9,11,13,15,17H,5-6,10,12H2,1H3/b11-9+. The predicted molar refractivity (Wildman–Crippen MR) is 80.4 cm³/mol. The summed E-state index contributed by atoms with van der Waals surface area (Å²) in [6, 6.07) is 9.02. The minimum Gasteiger partial charge on any atom is -0.395 e. The van der Waals surface area contributed by atoms with Crippen LogP contribution in [0.2, 0.25) is 0 Å². The third-order valence-electron chi connectivity index (χ3n) is 3.81. The van der Waals surface area contributed by atoms with Crippen LogP contribution in [-0.2, 0) is 10.0 Å². The first kappa shape index (κ1) is 15.2. The van der Waals surface area contributed by atoms with Gasteiger partial charge in [0.05, 0.1) is 12.6 Å². The van der Waals surface area contributed by atoms with E-state index in [1.165, 1.54) is 9.71 Å². The Labute approximate surface area is 120 Å². The van der Waals surface area contributed by atoms with E-state index < -0.39 is 10.0 Å². The lowest BCUT2D eigenvalue weighted by atomic mass is 9.93. The van der Waals surface area contributed by atoms with Crippen LogP contribution < -0.4 is 0 Å². The summed E-state index contributed by atoms with van der Waals surface area (Å²) < 4.78 is 26.2. The van der Waals surface area contributed by atoms with Crippen molar-refractivity contribution in [2.75, 3.05) is 13.2 Å². The van der Waals surface area contributed by atoms with Gasteiger partial charge in [0, 0.05) is 12.0 Å². The Bertz CT molecular complexity index is 554. The van der Waals surface area contributed by atoms with Gasteiger partial charge in [-0.15, -0.1) is 0 Å². The van der Waals surface area contributed by atoms with Crippen molar-refractivity contribution >= 4 is 16.1 Å². The predicted octanol–water partition coefficient (Wildman–Crippen LogP) is 2.08. The zero-order chi connectivity index (χ0) is 14.6. The molecule has 0 aromatic heterocycles. The molecular formula is C15H21NO3S. The van der Waals surface area contributed by atoms with Crippen molar-refractivity contribution in [1.82, 2.24) is 4.31 Å². The number of sulfonamides is 1. The number of nitrogens with zero attached hydrogens (tertiary/aromatic N) is 1. The minimum atomic E-state index is -3.48. The van der Waals surface area contributed by atoms with Gasteiger partial charge in [0.1, 0.15) is 0 Å². The van der Waals surface area contributed by atoms with Crippen molar-refractivity contribution in [1.29, 1.82) is 0 Å². The molecule has 1 aliphatic heterocycles. The average molecular weight is 295 g/mol. The molecule has 2 rings (SSSR count). The second kappa shape index (κ2) is 6.52. The number of piperidine rings is 1. The number of aliphatic hydroxyl groups is 1. The maximum atomic E-state index is 12.4. The molecule has 20 heavy (non-hydrogen) atoms. The van der Waals surface area contributed by atoms with E-state index in [2.05, 4.69) is 0 Å². The first-order valence-corrected chi connectivity index (χ1v) is 8.41. The SMILES string of the molecule is CC1CCCN(S(=O)(=O)/C=C/c2ccccc2)C1CO. The summed E-state index contributed by atoms with van der Waals surface area (Å²) in [7, 11) is -3.48. The first-order valence-electron chi connectivity index (χ1n) is 6.90. The molecule has 1 aromatic rings. The Morgan fingerprint density at radius 2 is 2.05 bits per heavy atom. The highest BCUT2D eigenvalue weighted by atomic mass is 32.2. The summed E-state index contributed by atoms with van der Waals surface area (Å²) in [5.74, 6) is 0.189. The number of aliphatic hydroxyl groups excluding tert-OH is 1. The Balaban J connectivity index is 2.19. The maximum Gasteiger partial charge on any atom is 0.236 e. The Hall–Kier alpha value is -1.17. The van der Waals surface area contributed by atoms with Gasteiger partial charge in [0.25, 0.3) is 0 Å². The van der Waals surface area contributed by atoms with Gasteiger partial charge < -0.3 is 5.11 Å². The Kier molecular flexibility index (Phi) is 4.96. The molecule has 1 N–H and O–H groups in total. The molecule has 1 aliphatic rings. The Morgan fingerprint density at radius 1 is 1.35 bits per heavy atom. The second-order valence-electron chi connectivity index (χ2n) is 5.24. The molecule has 1 saturated heterocycles. The molecule has 0 aliphatic carbocycles. The maximum absolute atomic E-state index is 12.4. The van der Waals surface area contributed by atoms with Gasteiger partial charge >= 0.3 is 0 Å².